The van der Waals surface area contributed by atoms with Gasteiger partial charge in [-0.2, -0.15) is 0 Å². The van der Waals surface area contributed by atoms with Crippen LogP contribution in [0.5, 0.6) is 0 Å². The topological polar surface area (TPSA) is 60.1 Å². The Balaban J connectivity index is 1.32. The molecule has 0 saturated heterocycles. The van der Waals surface area contributed by atoms with Crippen molar-refractivity contribution in [2.45, 2.75) is 63.5 Å². The second kappa shape index (κ2) is 9.76. The summed E-state index contributed by atoms with van der Waals surface area (Å²) in [7, 11) is 0. The number of halogens is 1. The molecule has 1 N–H and O–H groups in total. The van der Waals surface area contributed by atoms with Gasteiger partial charge in [-0.15, -0.1) is 0 Å². The molecule has 2 aromatic carbocycles. The van der Waals surface area contributed by atoms with Gasteiger partial charge in [-0.25, -0.2) is 9.37 Å². The van der Waals surface area contributed by atoms with Crippen molar-refractivity contribution in [3.63, 3.8) is 0 Å². The number of furan rings is 1. The largest absolute Gasteiger partial charge is 0.449 e. The van der Waals surface area contributed by atoms with Gasteiger partial charge in [0.25, 0.3) is 5.91 Å². The first-order chi connectivity index (χ1) is 17.7. The molecule has 1 fully saturated rings. The Morgan fingerprint density at radius 3 is 2.58 bits per heavy atom. The third-order valence-electron chi connectivity index (χ3n) is 7.62. The van der Waals surface area contributed by atoms with E-state index in [1.54, 1.807) is 18.2 Å². The highest BCUT2D eigenvalue weighted by atomic mass is 19.1. The minimum atomic E-state index is -0.284. The Bertz CT molecular complexity index is 1370. The molecule has 1 saturated carbocycles. The molecule has 2 aromatic heterocycles. The maximum atomic E-state index is 13.6. The van der Waals surface area contributed by atoms with E-state index in [1.807, 2.05) is 18.5 Å². The van der Waals surface area contributed by atoms with E-state index in [-0.39, 0.29) is 23.5 Å². The second-order valence-electron chi connectivity index (χ2n) is 9.93. The molecule has 0 radical (unpaired) electrons. The summed E-state index contributed by atoms with van der Waals surface area (Å²) in [6, 6.07) is 18.6. The molecule has 36 heavy (non-hydrogen) atoms. The molecule has 6 heteroatoms. The maximum absolute atomic E-state index is 13.6. The van der Waals surface area contributed by atoms with Crippen LogP contribution in [0.1, 0.15) is 78.7 Å². The average Bonchev–Trinajstić information content (AvgIpc) is 3.58. The fourth-order valence-corrected chi connectivity index (χ4v) is 5.78. The van der Waals surface area contributed by atoms with Crippen molar-refractivity contribution in [2.75, 3.05) is 0 Å². The normalized spacial score (nSPS) is 18.1. The summed E-state index contributed by atoms with van der Waals surface area (Å²) in [5.41, 5.74) is 4.90. The number of fused-ring (bicyclic) bond motifs is 1. The Kier molecular flexibility index (Phi) is 6.18. The van der Waals surface area contributed by atoms with Crippen molar-refractivity contribution in [1.29, 1.82) is 0 Å². The fraction of sp³-hybridized carbons (Fsp3) is 0.333. The highest BCUT2D eigenvalue weighted by molar-refractivity contribution is 5.92. The van der Waals surface area contributed by atoms with Gasteiger partial charge >= 0.3 is 0 Å². The summed E-state index contributed by atoms with van der Waals surface area (Å²) in [4.78, 5) is 17.9. The lowest BCUT2D eigenvalue weighted by molar-refractivity contribution is 0.0905. The molecule has 1 atom stereocenters. The quantitative estimate of drug-likeness (QED) is 0.325. The lowest BCUT2D eigenvalue weighted by atomic mass is 9.88. The van der Waals surface area contributed by atoms with Crippen LogP contribution < -0.4 is 5.32 Å². The molecule has 6 rings (SSSR count). The predicted octanol–water partition coefficient (Wildman–Crippen LogP) is 7.26. The molecule has 184 valence electrons. The Hall–Kier alpha value is -3.67. The van der Waals surface area contributed by atoms with Gasteiger partial charge in [-0.05, 0) is 79.6 Å². The molecule has 2 heterocycles. The van der Waals surface area contributed by atoms with E-state index in [2.05, 4.69) is 28.1 Å². The van der Waals surface area contributed by atoms with E-state index in [9.17, 15) is 9.18 Å². The van der Waals surface area contributed by atoms with Gasteiger partial charge in [0.2, 0.25) is 0 Å². The number of aromatic nitrogens is 2. The Morgan fingerprint density at radius 1 is 0.944 bits per heavy atom. The average molecular weight is 484 g/mol. The minimum absolute atomic E-state index is 0.0152. The van der Waals surface area contributed by atoms with Gasteiger partial charge in [0.15, 0.2) is 11.5 Å². The number of imidazole rings is 1. The second-order valence-corrected chi connectivity index (χ2v) is 9.93. The van der Waals surface area contributed by atoms with Crippen LogP contribution in [0.15, 0.2) is 71.4 Å². The van der Waals surface area contributed by atoms with Crippen molar-refractivity contribution in [3.8, 4) is 22.7 Å². The number of nitrogens with one attached hydrogen (secondary N) is 1. The van der Waals surface area contributed by atoms with Crippen LogP contribution in [0.4, 0.5) is 4.39 Å². The van der Waals surface area contributed by atoms with Gasteiger partial charge in [0.1, 0.15) is 11.5 Å². The molecule has 5 nitrogen and oxygen atoms in total. The summed E-state index contributed by atoms with van der Waals surface area (Å²) in [6.07, 6.45) is 10.7. The molecule has 4 aromatic rings. The van der Waals surface area contributed by atoms with Gasteiger partial charge < -0.3 is 14.3 Å². The van der Waals surface area contributed by atoms with Crippen molar-refractivity contribution in [2.24, 2.45) is 0 Å². The van der Waals surface area contributed by atoms with E-state index in [0.717, 1.165) is 49.1 Å². The van der Waals surface area contributed by atoms with E-state index < -0.39 is 0 Å². The van der Waals surface area contributed by atoms with Crippen LogP contribution in [0.2, 0.25) is 0 Å². The van der Waals surface area contributed by atoms with Gasteiger partial charge in [-0.3, -0.25) is 4.79 Å². The summed E-state index contributed by atoms with van der Waals surface area (Å²) < 4.78 is 22.0. The van der Waals surface area contributed by atoms with Crippen molar-refractivity contribution < 1.29 is 13.6 Å². The van der Waals surface area contributed by atoms with Crippen molar-refractivity contribution in [3.05, 3.63) is 89.7 Å². The number of benzene rings is 2. The predicted molar refractivity (Wildman–Crippen MR) is 137 cm³/mol. The molecule has 2 aliphatic rings. The summed E-state index contributed by atoms with van der Waals surface area (Å²) in [5.74, 6) is 0.393. The number of amides is 1. The maximum Gasteiger partial charge on any atom is 0.287 e. The zero-order valence-corrected chi connectivity index (χ0v) is 20.3. The lowest BCUT2D eigenvalue weighted by Crippen LogP contribution is -2.30. The van der Waals surface area contributed by atoms with E-state index in [1.165, 1.54) is 42.5 Å². The molecule has 0 bridgehead atoms. The number of rotatable bonds is 5. The molecule has 1 amide bonds. The molecular weight excluding hydrogens is 453 g/mol. The first-order valence-electron chi connectivity index (χ1n) is 13.0. The van der Waals surface area contributed by atoms with Crippen LogP contribution >= 0.6 is 0 Å². The Labute approximate surface area is 210 Å². The van der Waals surface area contributed by atoms with Crippen LogP contribution in [0.25, 0.3) is 22.7 Å². The van der Waals surface area contributed by atoms with E-state index in [0.29, 0.717) is 11.8 Å². The lowest BCUT2D eigenvalue weighted by Gasteiger charge is -2.26. The zero-order valence-electron chi connectivity index (χ0n) is 20.3. The number of carbonyl (C=O) groups excluding carboxylic acids is 1. The van der Waals surface area contributed by atoms with E-state index >= 15 is 0 Å². The zero-order chi connectivity index (χ0) is 24.5. The van der Waals surface area contributed by atoms with Crippen LogP contribution in [0, 0.1) is 5.82 Å². The Morgan fingerprint density at radius 2 is 1.75 bits per heavy atom. The highest BCUT2D eigenvalue weighted by Crippen LogP contribution is 2.38. The molecular formula is C30H30FN3O2. The van der Waals surface area contributed by atoms with Crippen molar-refractivity contribution >= 4 is 5.91 Å². The fourth-order valence-electron chi connectivity index (χ4n) is 5.78. The molecule has 2 aliphatic carbocycles. The minimum Gasteiger partial charge on any atom is -0.449 e. The summed E-state index contributed by atoms with van der Waals surface area (Å²) in [6.45, 7) is 0. The van der Waals surface area contributed by atoms with Crippen LogP contribution in [-0.2, 0) is 6.42 Å². The number of hydrogen-bond donors (Lipinski definition) is 1. The van der Waals surface area contributed by atoms with Crippen molar-refractivity contribution in [1.82, 2.24) is 14.9 Å². The molecule has 0 unspecified atom stereocenters. The first kappa shape index (κ1) is 22.8. The number of carbonyl (C=O) groups is 1. The highest BCUT2D eigenvalue weighted by Gasteiger charge is 2.27. The monoisotopic (exact) mass is 483 g/mol. The summed E-state index contributed by atoms with van der Waals surface area (Å²) >= 11 is 0. The van der Waals surface area contributed by atoms with Crippen LogP contribution in [-0.4, -0.2) is 15.5 Å². The van der Waals surface area contributed by atoms with E-state index in [4.69, 9.17) is 9.40 Å². The number of hydrogen-bond acceptors (Lipinski definition) is 3. The molecule has 0 spiro atoms. The van der Waals surface area contributed by atoms with Gasteiger partial charge in [0.05, 0.1) is 18.1 Å². The molecule has 0 aliphatic heterocycles. The number of aryl methyl sites for hydroxylation is 1. The summed E-state index contributed by atoms with van der Waals surface area (Å²) in [5, 5.41) is 3.18. The SMILES string of the molecule is O=C(N[C@H]1CCCc2ccccc21)c1ccc(-c2c(-c3ccc(F)cc3)ncn2C2CCCCC2)o1. The van der Waals surface area contributed by atoms with Gasteiger partial charge in [0, 0.05) is 11.6 Å². The van der Waals surface area contributed by atoms with Crippen LogP contribution in [0.3, 0.4) is 0 Å². The smallest absolute Gasteiger partial charge is 0.287 e. The third kappa shape index (κ3) is 4.36. The number of nitrogens with zero attached hydrogens (tertiary/aromatic N) is 2. The first-order valence-corrected chi connectivity index (χ1v) is 13.0. The van der Waals surface area contributed by atoms with Gasteiger partial charge in [-0.1, -0.05) is 43.5 Å². The standard InChI is InChI=1S/C30H30FN3O2/c31-22-15-13-21(14-16-22)28-29(34(19-32-28)23-9-2-1-3-10-23)26-17-18-27(36-26)30(35)33-25-12-6-8-20-7-4-5-11-24(20)25/h4-5,7,11,13-19,23,25H,1-3,6,8-10,12H2,(H,33,35)/t25-/m0/s1. The third-order valence-corrected chi connectivity index (χ3v) is 7.62.